The Morgan fingerprint density at radius 1 is 1.33 bits per heavy atom. The number of hydrogen-bond acceptors (Lipinski definition) is 2. The van der Waals surface area contributed by atoms with Gasteiger partial charge in [-0.25, -0.2) is 0 Å². The van der Waals surface area contributed by atoms with Crippen LogP contribution < -0.4 is 0 Å². The van der Waals surface area contributed by atoms with Crippen LogP contribution in [0.4, 0.5) is 0 Å². The fourth-order valence-corrected chi connectivity index (χ4v) is 1.53. The number of quaternary nitrogens is 1. The van der Waals surface area contributed by atoms with E-state index in [-0.39, 0.29) is 10.2 Å². The highest BCUT2D eigenvalue weighted by Crippen LogP contribution is 2.27. The molecule has 1 heterocycles. The van der Waals surface area contributed by atoms with E-state index in [0.717, 1.165) is 6.42 Å². The molecule has 1 aliphatic rings. The summed E-state index contributed by atoms with van der Waals surface area (Å²) in [5, 5.41) is 12.2. The van der Waals surface area contributed by atoms with Gasteiger partial charge in [0.05, 0.1) is 18.8 Å². The molecule has 0 aromatic carbocycles. The van der Waals surface area contributed by atoms with Crippen LogP contribution in [0.1, 0.15) is 27.2 Å². The summed E-state index contributed by atoms with van der Waals surface area (Å²) in [5.74, 6) is 0. The van der Waals surface area contributed by atoms with Crippen molar-refractivity contribution in [3.05, 3.63) is 5.21 Å². The minimum atomic E-state index is -0.149. The first-order valence-electron chi connectivity index (χ1n) is 4.68. The van der Waals surface area contributed by atoms with Crippen LogP contribution in [0.15, 0.2) is 0 Å². The van der Waals surface area contributed by atoms with Gasteiger partial charge < -0.3 is 14.6 Å². The molecule has 1 fully saturated rings. The Hall–Kier alpha value is -0.120. The second-order valence-electron chi connectivity index (χ2n) is 4.11. The molecule has 1 rings (SSSR count). The first kappa shape index (κ1) is 9.96. The topological polar surface area (TPSA) is 32.3 Å². The van der Waals surface area contributed by atoms with Gasteiger partial charge in [-0.05, 0) is 20.3 Å². The summed E-state index contributed by atoms with van der Waals surface area (Å²) in [4.78, 5) is 0. The highest BCUT2D eigenvalue weighted by atomic mass is 16.6. The Morgan fingerprint density at radius 2 is 1.83 bits per heavy atom. The normalized spacial score (nSPS) is 24.0. The van der Waals surface area contributed by atoms with Gasteiger partial charge in [0.2, 0.25) is 0 Å². The molecule has 72 valence electrons. The smallest absolute Gasteiger partial charge is 0.103 e. The minimum Gasteiger partial charge on any atom is -0.632 e. The molecule has 0 aromatic heterocycles. The molecular formula is C9H19NO2. The van der Waals surface area contributed by atoms with Gasteiger partial charge in [0.15, 0.2) is 0 Å². The molecule has 0 atom stereocenters. The molecule has 0 aliphatic carbocycles. The van der Waals surface area contributed by atoms with Gasteiger partial charge in [0.1, 0.15) is 13.1 Å². The molecule has 12 heavy (non-hydrogen) atoms. The van der Waals surface area contributed by atoms with Crippen molar-refractivity contribution in [1.82, 2.24) is 0 Å². The number of ether oxygens (including phenoxy) is 1. The van der Waals surface area contributed by atoms with Crippen LogP contribution in [0.3, 0.4) is 0 Å². The number of morpholine rings is 1. The molecule has 0 unspecified atom stereocenters. The van der Waals surface area contributed by atoms with Gasteiger partial charge in [-0.1, -0.05) is 6.92 Å². The Bertz CT molecular complexity index is 151. The number of rotatable bonds is 2. The Kier molecular flexibility index (Phi) is 2.76. The lowest BCUT2D eigenvalue weighted by Gasteiger charge is -2.55. The van der Waals surface area contributed by atoms with Crippen LogP contribution in [0.5, 0.6) is 0 Å². The quantitative estimate of drug-likeness (QED) is 0.468. The largest absolute Gasteiger partial charge is 0.632 e. The van der Waals surface area contributed by atoms with E-state index in [1.165, 1.54) is 0 Å². The van der Waals surface area contributed by atoms with Crippen LogP contribution in [-0.4, -0.2) is 36.5 Å². The minimum absolute atomic E-state index is 0.0799. The Labute approximate surface area is 74.5 Å². The second-order valence-corrected chi connectivity index (χ2v) is 4.11. The average molecular weight is 173 g/mol. The summed E-state index contributed by atoms with van der Waals surface area (Å²) in [7, 11) is 0. The molecular weight excluding hydrogens is 154 g/mol. The molecule has 0 saturated carbocycles. The lowest BCUT2D eigenvalue weighted by molar-refractivity contribution is -0.935. The van der Waals surface area contributed by atoms with Crippen molar-refractivity contribution < 1.29 is 9.38 Å². The SMILES string of the molecule is CCC(C)(C)[N+]1([O-])CCOCC1. The zero-order chi connectivity index (χ0) is 9.24. The predicted molar refractivity (Wildman–Crippen MR) is 48.6 cm³/mol. The molecule has 0 aromatic rings. The zero-order valence-corrected chi connectivity index (χ0v) is 8.30. The van der Waals surface area contributed by atoms with Crippen molar-refractivity contribution in [2.75, 3.05) is 26.3 Å². The third kappa shape index (κ3) is 1.63. The van der Waals surface area contributed by atoms with Crippen LogP contribution in [-0.2, 0) is 4.74 Å². The van der Waals surface area contributed by atoms with Gasteiger partial charge in [-0.2, -0.15) is 0 Å². The molecule has 0 amide bonds. The van der Waals surface area contributed by atoms with Crippen LogP contribution in [0.25, 0.3) is 0 Å². The Balaban J connectivity index is 2.68. The van der Waals surface area contributed by atoms with Gasteiger partial charge >= 0.3 is 0 Å². The molecule has 1 aliphatic heterocycles. The summed E-state index contributed by atoms with van der Waals surface area (Å²) in [6, 6.07) is 0. The maximum absolute atomic E-state index is 12.2. The van der Waals surface area contributed by atoms with E-state index < -0.39 is 0 Å². The standard InChI is InChI=1S/C9H19NO2/c1-4-9(2,3)10(11)5-7-12-8-6-10/h4-8H2,1-3H3. The van der Waals surface area contributed by atoms with Crippen molar-refractivity contribution in [2.45, 2.75) is 32.7 Å². The van der Waals surface area contributed by atoms with Crippen molar-refractivity contribution in [3.8, 4) is 0 Å². The second kappa shape index (κ2) is 3.32. The number of nitrogens with zero attached hydrogens (tertiary/aromatic N) is 1. The third-order valence-electron chi connectivity index (χ3n) is 3.16. The summed E-state index contributed by atoms with van der Waals surface area (Å²) < 4.78 is 5.11. The fraction of sp³-hybridized carbons (Fsp3) is 1.00. The monoisotopic (exact) mass is 173 g/mol. The van der Waals surface area contributed by atoms with E-state index in [2.05, 4.69) is 6.92 Å². The molecule has 0 N–H and O–H groups in total. The molecule has 0 bridgehead atoms. The van der Waals surface area contributed by atoms with Gasteiger partial charge in [0, 0.05) is 0 Å². The maximum Gasteiger partial charge on any atom is 0.103 e. The molecule has 0 radical (unpaired) electrons. The average Bonchev–Trinajstić information content (AvgIpc) is 2.06. The summed E-state index contributed by atoms with van der Waals surface area (Å²) in [5.41, 5.74) is -0.149. The van der Waals surface area contributed by atoms with Crippen molar-refractivity contribution >= 4 is 0 Å². The maximum atomic E-state index is 12.2. The van der Waals surface area contributed by atoms with E-state index in [1.807, 2.05) is 13.8 Å². The first-order valence-corrected chi connectivity index (χ1v) is 4.68. The van der Waals surface area contributed by atoms with Gasteiger partial charge in [-0.15, -0.1) is 0 Å². The lowest BCUT2D eigenvalue weighted by Crippen LogP contribution is -2.61. The van der Waals surface area contributed by atoms with Crippen LogP contribution in [0.2, 0.25) is 0 Å². The first-order chi connectivity index (χ1) is 5.52. The van der Waals surface area contributed by atoms with Crippen molar-refractivity contribution in [1.29, 1.82) is 0 Å². The molecule has 0 spiro atoms. The van der Waals surface area contributed by atoms with E-state index in [4.69, 9.17) is 4.74 Å². The molecule has 1 saturated heterocycles. The summed E-state index contributed by atoms with van der Waals surface area (Å²) in [6.07, 6.45) is 0.927. The van der Waals surface area contributed by atoms with Gasteiger partial charge in [0.25, 0.3) is 0 Å². The highest BCUT2D eigenvalue weighted by molar-refractivity contribution is 4.71. The number of hydrogen-bond donors (Lipinski definition) is 0. The van der Waals surface area contributed by atoms with Crippen LogP contribution >= 0.6 is 0 Å². The van der Waals surface area contributed by atoms with E-state index >= 15 is 0 Å². The van der Waals surface area contributed by atoms with E-state index in [9.17, 15) is 5.21 Å². The summed E-state index contributed by atoms with van der Waals surface area (Å²) in [6.45, 7) is 8.63. The van der Waals surface area contributed by atoms with E-state index in [1.54, 1.807) is 0 Å². The molecule has 3 nitrogen and oxygen atoms in total. The van der Waals surface area contributed by atoms with Crippen LogP contribution in [0, 0.1) is 5.21 Å². The van der Waals surface area contributed by atoms with Gasteiger partial charge in [-0.3, -0.25) is 0 Å². The van der Waals surface area contributed by atoms with Crippen molar-refractivity contribution in [2.24, 2.45) is 0 Å². The lowest BCUT2D eigenvalue weighted by atomic mass is 9.98. The number of hydroxylamine groups is 3. The summed E-state index contributed by atoms with van der Waals surface area (Å²) >= 11 is 0. The van der Waals surface area contributed by atoms with E-state index in [0.29, 0.717) is 26.3 Å². The zero-order valence-electron chi connectivity index (χ0n) is 8.30. The van der Waals surface area contributed by atoms with Crippen molar-refractivity contribution in [3.63, 3.8) is 0 Å². The highest BCUT2D eigenvalue weighted by Gasteiger charge is 2.36. The molecule has 3 heteroatoms. The Morgan fingerprint density at radius 3 is 2.25 bits per heavy atom. The predicted octanol–water partition coefficient (Wildman–Crippen LogP) is 1.52. The third-order valence-corrected chi connectivity index (χ3v) is 3.16. The fourth-order valence-electron chi connectivity index (χ4n) is 1.53.